The van der Waals surface area contributed by atoms with Crippen LogP contribution in [0.5, 0.6) is 0 Å². The van der Waals surface area contributed by atoms with Crippen molar-refractivity contribution in [2.75, 3.05) is 17.7 Å². The van der Waals surface area contributed by atoms with E-state index in [1.165, 1.54) is 16.7 Å². The summed E-state index contributed by atoms with van der Waals surface area (Å²) in [4.78, 5) is 2.21. The molecule has 0 aliphatic heterocycles. The van der Waals surface area contributed by atoms with Gasteiger partial charge in [-0.2, -0.15) is 0 Å². The smallest absolute Gasteiger partial charge is 0.0426 e. The maximum Gasteiger partial charge on any atom is 0.0426 e. The summed E-state index contributed by atoms with van der Waals surface area (Å²) in [5.74, 6) is 0. The Bertz CT molecular complexity index is 547. The Morgan fingerprint density at radius 3 is 2.44 bits per heavy atom. The Morgan fingerprint density at radius 2 is 1.78 bits per heavy atom. The quantitative estimate of drug-likeness (QED) is 0.832. The molecule has 0 spiro atoms. The third-order valence-electron chi connectivity index (χ3n) is 3.30. The second kappa shape index (κ2) is 5.13. The monoisotopic (exact) mass is 240 g/mol. The number of aryl methyl sites for hydroxylation is 2. The van der Waals surface area contributed by atoms with Crippen LogP contribution < -0.4 is 10.6 Å². The predicted molar refractivity (Wildman–Crippen MR) is 78.9 cm³/mol. The minimum atomic E-state index is 0.805. The molecule has 0 aliphatic carbocycles. The van der Waals surface area contributed by atoms with E-state index in [9.17, 15) is 0 Å². The minimum absolute atomic E-state index is 0.805. The van der Waals surface area contributed by atoms with Crippen LogP contribution >= 0.6 is 0 Å². The summed E-state index contributed by atoms with van der Waals surface area (Å²) in [7, 11) is 2.09. The molecule has 0 heterocycles. The van der Waals surface area contributed by atoms with Crippen LogP contribution in [0.4, 0.5) is 11.4 Å². The molecule has 0 fully saturated rings. The fraction of sp³-hybridized carbons (Fsp3) is 0.250. The molecule has 2 heteroatoms. The average Bonchev–Trinajstić information content (AvgIpc) is 2.34. The molecule has 2 aromatic rings. The van der Waals surface area contributed by atoms with Crippen LogP contribution in [0, 0.1) is 13.8 Å². The summed E-state index contributed by atoms with van der Waals surface area (Å²) in [5.41, 5.74) is 11.8. The highest BCUT2D eigenvalue weighted by atomic mass is 15.1. The molecule has 0 amide bonds. The number of nitrogen functional groups attached to an aromatic ring is 1. The third-order valence-corrected chi connectivity index (χ3v) is 3.30. The Labute approximate surface area is 109 Å². The molecule has 0 saturated carbocycles. The Hall–Kier alpha value is -1.96. The van der Waals surface area contributed by atoms with Crippen molar-refractivity contribution in [3.8, 4) is 0 Å². The number of rotatable bonds is 3. The molecular formula is C16H20N2. The molecule has 0 unspecified atom stereocenters. The summed E-state index contributed by atoms with van der Waals surface area (Å²) in [5, 5.41) is 0. The van der Waals surface area contributed by atoms with Gasteiger partial charge in [-0.25, -0.2) is 0 Å². The third kappa shape index (κ3) is 2.83. The molecule has 2 nitrogen and oxygen atoms in total. The number of hydrogen-bond acceptors (Lipinski definition) is 2. The largest absolute Gasteiger partial charge is 0.399 e. The van der Waals surface area contributed by atoms with Gasteiger partial charge < -0.3 is 10.6 Å². The van der Waals surface area contributed by atoms with Crippen molar-refractivity contribution in [3.63, 3.8) is 0 Å². The van der Waals surface area contributed by atoms with Gasteiger partial charge in [0.25, 0.3) is 0 Å². The Morgan fingerprint density at radius 1 is 1.00 bits per heavy atom. The van der Waals surface area contributed by atoms with Crippen LogP contribution in [0.3, 0.4) is 0 Å². The molecule has 0 bridgehead atoms. The van der Waals surface area contributed by atoms with Gasteiger partial charge in [0.15, 0.2) is 0 Å². The van der Waals surface area contributed by atoms with E-state index in [0.717, 1.165) is 17.9 Å². The highest BCUT2D eigenvalue weighted by molar-refractivity contribution is 5.55. The number of hydrogen-bond donors (Lipinski definition) is 1. The van der Waals surface area contributed by atoms with Crippen LogP contribution in [0.15, 0.2) is 42.5 Å². The first kappa shape index (κ1) is 12.5. The second-order valence-electron chi connectivity index (χ2n) is 4.87. The lowest BCUT2D eigenvalue weighted by atomic mass is 10.1. The lowest BCUT2D eigenvalue weighted by Crippen LogP contribution is -2.16. The number of nitrogens with zero attached hydrogens (tertiary/aromatic N) is 1. The van der Waals surface area contributed by atoms with E-state index >= 15 is 0 Å². The first-order chi connectivity index (χ1) is 8.56. The summed E-state index contributed by atoms with van der Waals surface area (Å²) < 4.78 is 0. The minimum Gasteiger partial charge on any atom is -0.399 e. The van der Waals surface area contributed by atoms with E-state index in [2.05, 4.69) is 50.1 Å². The van der Waals surface area contributed by atoms with Gasteiger partial charge in [-0.15, -0.1) is 0 Å². The first-order valence-corrected chi connectivity index (χ1v) is 6.19. The van der Waals surface area contributed by atoms with E-state index in [1.807, 2.05) is 18.2 Å². The van der Waals surface area contributed by atoms with Crippen molar-refractivity contribution in [1.82, 2.24) is 0 Å². The fourth-order valence-electron chi connectivity index (χ4n) is 2.03. The Kier molecular flexibility index (Phi) is 3.56. The first-order valence-electron chi connectivity index (χ1n) is 6.19. The number of nitrogens with two attached hydrogens (primary N) is 1. The van der Waals surface area contributed by atoms with Gasteiger partial charge in [-0.3, -0.25) is 0 Å². The molecule has 2 N–H and O–H groups in total. The highest BCUT2D eigenvalue weighted by Crippen LogP contribution is 2.19. The van der Waals surface area contributed by atoms with Crippen molar-refractivity contribution in [2.24, 2.45) is 0 Å². The van der Waals surface area contributed by atoms with Crippen molar-refractivity contribution < 1.29 is 0 Å². The van der Waals surface area contributed by atoms with Crippen LogP contribution in [0.25, 0.3) is 0 Å². The molecule has 0 aliphatic rings. The van der Waals surface area contributed by atoms with Gasteiger partial charge in [0.2, 0.25) is 0 Å². The average molecular weight is 240 g/mol. The van der Waals surface area contributed by atoms with Crippen molar-refractivity contribution in [1.29, 1.82) is 0 Å². The zero-order chi connectivity index (χ0) is 13.1. The molecule has 0 aromatic heterocycles. The summed E-state index contributed by atoms with van der Waals surface area (Å²) >= 11 is 0. The fourth-order valence-corrected chi connectivity index (χ4v) is 2.03. The van der Waals surface area contributed by atoms with Crippen LogP contribution in [0.2, 0.25) is 0 Å². The highest BCUT2D eigenvalue weighted by Gasteiger charge is 2.03. The molecule has 0 radical (unpaired) electrons. The van der Waals surface area contributed by atoms with E-state index in [-0.39, 0.29) is 0 Å². The standard InChI is InChI=1S/C16H20N2/c1-12-7-8-14(9-13(12)2)11-18(3)16-6-4-5-15(17)10-16/h4-10H,11,17H2,1-3H3. The van der Waals surface area contributed by atoms with Gasteiger partial charge in [0.05, 0.1) is 0 Å². The number of benzene rings is 2. The van der Waals surface area contributed by atoms with Gasteiger partial charge in [0, 0.05) is 25.0 Å². The maximum atomic E-state index is 5.81. The maximum absolute atomic E-state index is 5.81. The van der Waals surface area contributed by atoms with Crippen molar-refractivity contribution in [3.05, 3.63) is 59.2 Å². The molecule has 94 valence electrons. The molecule has 18 heavy (non-hydrogen) atoms. The van der Waals surface area contributed by atoms with Crippen LogP contribution in [-0.2, 0) is 6.54 Å². The molecule has 2 aromatic carbocycles. The zero-order valence-electron chi connectivity index (χ0n) is 11.3. The van der Waals surface area contributed by atoms with E-state index in [0.29, 0.717) is 0 Å². The van der Waals surface area contributed by atoms with E-state index in [4.69, 9.17) is 5.73 Å². The lowest BCUT2D eigenvalue weighted by Gasteiger charge is -2.20. The van der Waals surface area contributed by atoms with Crippen molar-refractivity contribution in [2.45, 2.75) is 20.4 Å². The molecule has 2 rings (SSSR count). The SMILES string of the molecule is Cc1ccc(CN(C)c2cccc(N)c2)cc1C. The number of anilines is 2. The molecule has 0 saturated heterocycles. The summed E-state index contributed by atoms with van der Waals surface area (Å²) in [6, 6.07) is 14.6. The lowest BCUT2D eigenvalue weighted by molar-refractivity contribution is 0.921. The predicted octanol–water partition coefficient (Wildman–Crippen LogP) is 3.52. The normalized spacial score (nSPS) is 10.4. The second-order valence-corrected chi connectivity index (χ2v) is 4.87. The molecular weight excluding hydrogens is 220 g/mol. The van der Waals surface area contributed by atoms with Crippen molar-refractivity contribution >= 4 is 11.4 Å². The van der Waals surface area contributed by atoms with Gasteiger partial charge >= 0.3 is 0 Å². The van der Waals surface area contributed by atoms with Gasteiger partial charge in [-0.05, 0) is 48.7 Å². The molecule has 0 atom stereocenters. The van der Waals surface area contributed by atoms with E-state index in [1.54, 1.807) is 0 Å². The zero-order valence-corrected chi connectivity index (χ0v) is 11.3. The van der Waals surface area contributed by atoms with Crippen LogP contribution in [-0.4, -0.2) is 7.05 Å². The summed E-state index contributed by atoms with van der Waals surface area (Å²) in [6.45, 7) is 5.19. The van der Waals surface area contributed by atoms with E-state index < -0.39 is 0 Å². The summed E-state index contributed by atoms with van der Waals surface area (Å²) in [6.07, 6.45) is 0. The van der Waals surface area contributed by atoms with Gasteiger partial charge in [0.1, 0.15) is 0 Å². The van der Waals surface area contributed by atoms with Crippen LogP contribution in [0.1, 0.15) is 16.7 Å². The topological polar surface area (TPSA) is 29.3 Å². The Balaban J connectivity index is 2.16. The van der Waals surface area contributed by atoms with Gasteiger partial charge in [-0.1, -0.05) is 24.3 Å².